The summed E-state index contributed by atoms with van der Waals surface area (Å²) in [7, 11) is 0. The van der Waals surface area contributed by atoms with Crippen molar-refractivity contribution in [1.82, 2.24) is 9.66 Å². The van der Waals surface area contributed by atoms with Gasteiger partial charge in [0.2, 0.25) is 0 Å². The summed E-state index contributed by atoms with van der Waals surface area (Å²) in [5, 5.41) is 0. The molecule has 4 heteroatoms. The first-order valence-corrected chi connectivity index (χ1v) is 3.81. The number of nitrogen functional groups attached to an aromatic ring is 1. The number of rotatable bonds is 0. The fourth-order valence-electron chi connectivity index (χ4n) is 1.22. The Morgan fingerprint density at radius 3 is 3.25 bits per heavy atom. The highest BCUT2D eigenvalue weighted by atomic mass is 15.4. The number of nitrogens with zero attached hydrogens (tertiary/aromatic N) is 3. The maximum atomic E-state index is 5.71. The van der Waals surface area contributed by atoms with Gasteiger partial charge in [-0.25, -0.2) is 14.7 Å². The number of nitrogens with two attached hydrogens (primary N) is 1. The van der Waals surface area contributed by atoms with E-state index in [2.05, 4.69) is 9.98 Å². The smallest absolute Gasteiger partial charge is 0.174 e. The quantitative estimate of drug-likeness (QED) is 0.571. The number of aromatic nitrogens is 2. The summed E-state index contributed by atoms with van der Waals surface area (Å²) in [4.78, 5) is 8.45. The van der Waals surface area contributed by atoms with Crippen molar-refractivity contribution in [3.8, 4) is 0 Å². The van der Waals surface area contributed by atoms with E-state index in [0.29, 0.717) is 0 Å². The van der Waals surface area contributed by atoms with Crippen LogP contribution in [0, 0.1) is 6.92 Å². The van der Waals surface area contributed by atoms with Crippen molar-refractivity contribution in [1.29, 1.82) is 0 Å². The van der Waals surface area contributed by atoms with Crippen LogP contribution in [0.15, 0.2) is 17.1 Å². The third kappa shape index (κ3) is 0.922. The Balaban J connectivity index is 2.59. The molecule has 2 N–H and O–H groups in total. The molecule has 0 atom stereocenters. The van der Waals surface area contributed by atoms with Crippen LogP contribution >= 0.6 is 0 Å². The maximum Gasteiger partial charge on any atom is 0.174 e. The molecule has 1 aliphatic rings. The second kappa shape index (κ2) is 2.48. The van der Waals surface area contributed by atoms with E-state index in [1.807, 2.05) is 19.1 Å². The molecule has 1 aromatic rings. The van der Waals surface area contributed by atoms with E-state index in [-0.39, 0.29) is 0 Å². The first-order chi connectivity index (χ1) is 5.79. The highest BCUT2D eigenvalue weighted by molar-refractivity contribution is 5.75. The lowest BCUT2D eigenvalue weighted by Gasteiger charge is -1.96. The molecule has 0 radical (unpaired) electrons. The fraction of sp³-hybridized carbons (Fsp3) is 0.250. The second-order valence-electron chi connectivity index (χ2n) is 2.71. The summed E-state index contributed by atoms with van der Waals surface area (Å²) in [6.07, 6.45) is 6.45. The Kier molecular flexibility index (Phi) is 1.46. The maximum absolute atomic E-state index is 5.71. The number of imidazole rings is 1. The molecule has 2 heterocycles. The summed E-state index contributed by atoms with van der Waals surface area (Å²) < 4.78 is 1.51. The van der Waals surface area contributed by atoms with Crippen LogP contribution in [0.5, 0.6) is 0 Å². The van der Waals surface area contributed by atoms with Crippen molar-refractivity contribution < 1.29 is 0 Å². The molecule has 0 bridgehead atoms. The summed E-state index contributed by atoms with van der Waals surface area (Å²) in [6, 6.07) is 0. The molecule has 12 heavy (non-hydrogen) atoms. The minimum atomic E-state index is 0.762. The monoisotopic (exact) mass is 162 g/mol. The van der Waals surface area contributed by atoms with Crippen LogP contribution in [0.4, 0.5) is 5.82 Å². The molecule has 0 spiro atoms. The van der Waals surface area contributed by atoms with Crippen molar-refractivity contribution in [2.75, 3.05) is 5.84 Å². The third-order valence-electron chi connectivity index (χ3n) is 1.86. The van der Waals surface area contributed by atoms with Gasteiger partial charge in [-0.2, -0.15) is 0 Å². The molecule has 1 aliphatic heterocycles. The van der Waals surface area contributed by atoms with Crippen molar-refractivity contribution in [3.63, 3.8) is 0 Å². The zero-order valence-electron chi connectivity index (χ0n) is 6.86. The van der Waals surface area contributed by atoms with Crippen LogP contribution in [0.25, 0.3) is 0 Å². The first kappa shape index (κ1) is 7.09. The minimum Gasteiger partial charge on any atom is -0.336 e. The molecule has 0 amide bonds. The molecular formula is C8H10N4. The van der Waals surface area contributed by atoms with Gasteiger partial charge in [-0.05, 0) is 13.0 Å². The lowest BCUT2D eigenvalue weighted by atomic mass is 10.3. The number of fused-ring (bicyclic) bond motifs is 1. The van der Waals surface area contributed by atoms with Gasteiger partial charge < -0.3 is 5.84 Å². The predicted molar refractivity (Wildman–Crippen MR) is 48.1 cm³/mol. The summed E-state index contributed by atoms with van der Waals surface area (Å²) in [5.41, 5.74) is 0.944. The van der Waals surface area contributed by atoms with Gasteiger partial charge in [-0.15, -0.1) is 0 Å². The number of allylic oxidation sites excluding steroid dienone is 2. The molecule has 0 aliphatic carbocycles. The van der Waals surface area contributed by atoms with E-state index in [9.17, 15) is 0 Å². The van der Waals surface area contributed by atoms with E-state index >= 15 is 0 Å². The van der Waals surface area contributed by atoms with Crippen molar-refractivity contribution >= 4 is 12.0 Å². The average Bonchev–Trinajstić information content (AvgIpc) is 2.30. The van der Waals surface area contributed by atoms with Gasteiger partial charge in [0, 0.05) is 12.6 Å². The van der Waals surface area contributed by atoms with E-state index < -0.39 is 0 Å². The van der Waals surface area contributed by atoms with Crippen LogP contribution in [0.3, 0.4) is 0 Å². The number of hydrogen-bond acceptors (Lipinski definition) is 3. The zero-order valence-corrected chi connectivity index (χ0v) is 6.86. The lowest BCUT2D eigenvalue weighted by Crippen LogP contribution is -2.09. The van der Waals surface area contributed by atoms with Gasteiger partial charge in [0.15, 0.2) is 5.82 Å². The molecular weight excluding hydrogens is 152 g/mol. The third-order valence-corrected chi connectivity index (χ3v) is 1.86. The van der Waals surface area contributed by atoms with Crippen LogP contribution in [-0.2, 0) is 6.42 Å². The predicted octanol–water partition coefficient (Wildman–Crippen LogP) is 0.720. The molecule has 1 aromatic heterocycles. The van der Waals surface area contributed by atoms with E-state index in [4.69, 9.17) is 5.84 Å². The highest BCUT2D eigenvalue weighted by Crippen LogP contribution is 2.20. The summed E-state index contributed by atoms with van der Waals surface area (Å²) in [5.74, 6) is 7.27. The van der Waals surface area contributed by atoms with Gasteiger partial charge in [-0.3, -0.25) is 0 Å². The Bertz CT molecular complexity index is 359. The summed E-state index contributed by atoms with van der Waals surface area (Å²) >= 11 is 0. The number of aliphatic imine (C=N–C) groups is 1. The van der Waals surface area contributed by atoms with Gasteiger partial charge in [-0.1, -0.05) is 6.08 Å². The van der Waals surface area contributed by atoms with Gasteiger partial charge in [0.05, 0.1) is 5.69 Å². The molecule has 62 valence electrons. The Hall–Kier alpha value is -1.58. The van der Waals surface area contributed by atoms with E-state index in [1.165, 1.54) is 4.68 Å². The summed E-state index contributed by atoms with van der Waals surface area (Å²) in [6.45, 7) is 1.87. The van der Waals surface area contributed by atoms with Crippen molar-refractivity contribution in [2.24, 2.45) is 4.99 Å². The van der Waals surface area contributed by atoms with E-state index in [0.717, 1.165) is 23.8 Å². The molecule has 2 rings (SSSR count). The van der Waals surface area contributed by atoms with Crippen molar-refractivity contribution in [3.05, 3.63) is 23.7 Å². The van der Waals surface area contributed by atoms with Gasteiger partial charge in [0.25, 0.3) is 0 Å². The molecule has 0 unspecified atom stereocenters. The Morgan fingerprint density at radius 2 is 2.42 bits per heavy atom. The van der Waals surface area contributed by atoms with Crippen LogP contribution in [-0.4, -0.2) is 15.9 Å². The Morgan fingerprint density at radius 1 is 1.58 bits per heavy atom. The number of aryl methyl sites for hydroxylation is 1. The fourth-order valence-corrected chi connectivity index (χ4v) is 1.22. The zero-order chi connectivity index (χ0) is 8.55. The normalized spacial score (nSPS) is 14.4. The minimum absolute atomic E-state index is 0.762. The molecule has 0 fully saturated rings. The first-order valence-electron chi connectivity index (χ1n) is 3.81. The van der Waals surface area contributed by atoms with Crippen LogP contribution in [0.2, 0.25) is 0 Å². The Labute approximate surface area is 70.4 Å². The van der Waals surface area contributed by atoms with Gasteiger partial charge in [0.1, 0.15) is 5.82 Å². The van der Waals surface area contributed by atoms with Gasteiger partial charge >= 0.3 is 0 Å². The standard InChI is InChI=1S/C8H10N4/c1-6-11-7-4-2-3-5-10-8(7)12(6)9/h2-3,5H,4,9H2,1H3. The SMILES string of the molecule is Cc1nc2c(n1N)N=CC=CC2. The second-order valence-corrected chi connectivity index (χ2v) is 2.71. The largest absolute Gasteiger partial charge is 0.336 e. The highest BCUT2D eigenvalue weighted by Gasteiger charge is 2.10. The van der Waals surface area contributed by atoms with Crippen LogP contribution < -0.4 is 5.84 Å². The lowest BCUT2D eigenvalue weighted by molar-refractivity contribution is 0.927. The number of hydrogen-bond donors (Lipinski definition) is 1. The average molecular weight is 162 g/mol. The molecule has 4 nitrogen and oxygen atoms in total. The van der Waals surface area contributed by atoms with Crippen LogP contribution in [0.1, 0.15) is 11.5 Å². The molecule has 0 saturated heterocycles. The molecule has 0 aromatic carbocycles. The molecule has 0 saturated carbocycles. The topological polar surface area (TPSA) is 56.2 Å². The van der Waals surface area contributed by atoms with Crippen molar-refractivity contribution in [2.45, 2.75) is 13.3 Å². The van der Waals surface area contributed by atoms with E-state index in [1.54, 1.807) is 6.21 Å².